The molecule has 0 aliphatic rings. The highest BCUT2D eigenvalue weighted by molar-refractivity contribution is 9.10. The van der Waals surface area contributed by atoms with Crippen LogP contribution in [0.25, 0.3) is 0 Å². The van der Waals surface area contributed by atoms with Gasteiger partial charge in [-0.2, -0.15) is 0 Å². The van der Waals surface area contributed by atoms with Crippen LogP contribution in [0.3, 0.4) is 0 Å². The number of hydrogen-bond donors (Lipinski definition) is 1. The van der Waals surface area contributed by atoms with Crippen LogP contribution in [0, 0.1) is 5.82 Å². The van der Waals surface area contributed by atoms with Crippen molar-refractivity contribution >= 4 is 21.6 Å². The average Bonchev–Trinajstić information content (AvgIpc) is 2.25. The van der Waals surface area contributed by atoms with E-state index < -0.39 is 0 Å². The predicted octanol–water partition coefficient (Wildman–Crippen LogP) is 3.75. The van der Waals surface area contributed by atoms with E-state index >= 15 is 0 Å². The summed E-state index contributed by atoms with van der Waals surface area (Å²) in [6.45, 7) is 0.305. The van der Waals surface area contributed by atoms with E-state index in [0.717, 1.165) is 5.56 Å². The van der Waals surface area contributed by atoms with Gasteiger partial charge in [-0.05, 0) is 35.9 Å². The van der Waals surface area contributed by atoms with Crippen molar-refractivity contribution in [3.63, 3.8) is 0 Å². The zero-order chi connectivity index (χ0) is 12.3. The molecule has 2 aromatic rings. The van der Waals surface area contributed by atoms with Gasteiger partial charge in [0.15, 0.2) is 0 Å². The van der Waals surface area contributed by atoms with Crippen LogP contribution in [0.5, 0.6) is 5.75 Å². The van der Waals surface area contributed by atoms with E-state index in [4.69, 9.17) is 10.5 Å². The van der Waals surface area contributed by atoms with Gasteiger partial charge in [-0.15, -0.1) is 0 Å². The van der Waals surface area contributed by atoms with Gasteiger partial charge in [0.05, 0.1) is 0 Å². The molecule has 2 nitrogen and oxygen atoms in total. The van der Waals surface area contributed by atoms with Gasteiger partial charge in [-0.3, -0.25) is 0 Å². The number of rotatable bonds is 3. The zero-order valence-electron chi connectivity index (χ0n) is 8.99. The zero-order valence-corrected chi connectivity index (χ0v) is 10.6. The molecule has 88 valence electrons. The predicted molar refractivity (Wildman–Crippen MR) is 69.3 cm³/mol. The molecule has 0 aliphatic heterocycles. The fourth-order valence-corrected chi connectivity index (χ4v) is 1.98. The normalized spacial score (nSPS) is 10.2. The quantitative estimate of drug-likeness (QED) is 0.875. The molecule has 17 heavy (non-hydrogen) atoms. The first kappa shape index (κ1) is 11.9. The summed E-state index contributed by atoms with van der Waals surface area (Å²) in [6, 6.07) is 11.8. The Morgan fingerprint density at radius 1 is 1.18 bits per heavy atom. The van der Waals surface area contributed by atoms with Crippen LogP contribution in [0.15, 0.2) is 46.9 Å². The minimum absolute atomic E-state index is 0.287. The van der Waals surface area contributed by atoms with Gasteiger partial charge < -0.3 is 10.5 Å². The molecule has 0 heterocycles. The first-order valence-corrected chi connectivity index (χ1v) is 5.86. The summed E-state index contributed by atoms with van der Waals surface area (Å²) < 4.78 is 19.3. The lowest BCUT2D eigenvalue weighted by molar-refractivity contribution is 0.305. The second-order valence-corrected chi connectivity index (χ2v) is 4.55. The highest BCUT2D eigenvalue weighted by Crippen LogP contribution is 2.19. The molecule has 0 fully saturated rings. The van der Waals surface area contributed by atoms with Crippen molar-refractivity contribution in [1.82, 2.24) is 0 Å². The summed E-state index contributed by atoms with van der Waals surface area (Å²) >= 11 is 3.24. The summed E-state index contributed by atoms with van der Waals surface area (Å²) in [5.74, 6) is 0.385. The smallest absolute Gasteiger partial charge is 0.124 e. The standard InChI is InChI=1S/C13H11BrFNO/c14-10-4-9(5-11(15)6-10)8-17-13-3-1-2-12(16)7-13/h1-7H,8,16H2. The maximum atomic E-state index is 13.1. The van der Waals surface area contributed by atoms with Crippen molar-refractivity contribution in [3.8, 4) is 5.75 Å². The molecule has 0 bridgehead atoms. The largest absolute Gasteiger partial charge is 0.489 e. The molecule has 0 atom stereocenters. The summed E-state index contributed by atoms with van der Waals surface area (Å²) in [6.07, 6.45) is 0. The van der Waals surface area contributed by atoms with E-state index in [9.17, 15) is 4.39 Å². The fraction of sp³-hybridized carbons (Fsp3) is 0.0769. The third kappa shape index (κ3) is 3.46. The highest BCUT2D eigenvalue weighted by Gasteiger charge is 2.00. The number of anilines is 1. The second-order valence-electron chi connectivity index (χ2n) is 3.64. The summed E-state index contributed by atoms with van der Waals surface area (Å²) in [7, 11) is 0. The molecule has 0 saturated heterocycles. The summed E-state index contributed by atoms with van der Waals surface area (Å²) in [4.78, 5) is 0. The Balaban J connectivity index is 2.07. The Bertz CT molecular complexity index is 510. The summed E-state index contributed by atoms with van der Waals surface area (Å²) in [5.41, 5.74) is 7.03. The molecular weight excluding hydrogens is 285 g/mol. The fourth-order valence-electron chi connectivity index (χ4n) is 1.47. The van der Waals surface area contributed by atoms with Gasteiger partial charge in [-0.1, -0.05) is 22.0 Å². The number of nitrogen functional groups attached to an aromatic ring is 1. The van der Waals surface area contributed by atoms with Crippen LogP contribution in [-0.2, 0) is 6.61 Å². The van der Waals surface area contributed by atoms with E-state index in [-0.39, 0.29) is 5.82 Å². The van der Waals surface area contributed by atoms with E-state index in [2.05, 4.69) is 15.9 Å². The van der Waals surface area contributed by atoms with Crippen molar-refractivity contribution < 1.29 is 9.13 Å². The minimum Gasteiger partial charge on any atom is -0.489 e. The first-order valence-electron chi connectivity index (χ1n) is 5.07. The monoisotopic (exact) mass is 295 g/mol. The molecule has 0 aliphatic carbocycles. The SMILES string of the molecule is Nc1cccc(OCc2cc(F)cc(Br)c2)c1. The van der Waals surface area contributed by atoms with Gasteiger partial charge in [-0.25, -0.2) is 4.39 Å². The third-order valence-corrected chi connectivity index (χ3v) is 2.64. The van der Waals surface area contributed by atoms with Crippen LogP contribution in [0.1, 0.15) is 5.56 Å². The van der Waals surface area contributed by atoms with Gasteiger partial charge >= 0.3 is 0 Å². The maximum absolute atomic E-state index is 13.1. The molecule has 2 N–H and O–H groups in total. The van der Waals surface area contributed by atoms with Crippen molar-refractivity contribution in [2.45, 2.75) is 6.61 Å². The Kier molecular flexibility index (Phi) is 3.64. The first-order chi connectivity index (χ1) is 8.13. The number of benzene rings is 2. The Labute approximate surface area is 107 Å². The molecule has 0 radical (unpaired) electrons. The molecule has 0 saturated carbocycles. The average molecular weight is 296 g/mol. The molecule has 0 unspecified atom stereocenters. The van der Waals surface area contributed by atoms with E-state index in [1.54, 1.807) is 12.1 Å². The Morgan fingerprint density at radius 3 is 2.71 bits per heavy atom. The van der Waals surface area contributed by atoms with Crippen molar-refractivity contribution in [2.24, 2.45) is 0 Å². The lowest BCUT2D eigenvalue weighted by Gasteiger charge is -2.07. The molecular formula is C13H11BrFNO. The topological polar surface area (TPSA) is 35.2 Å². The Hall–Kier alpha value is -1.55. The number of nitrogens with two attached hydrogens (primary N) is 1. The minimum atomic E-state index is -0.287. The van der Waals surface area contributed by atoms with E-state index in [1.165, 1.54) is 12.1 Å². The van der Waals surface area contributed by atoms with Gasteiger partial charge in [0.25, 0.3) is 0 Å². The van der Waals surface area contributed by atoms with Crippen LogP contribution < -0.4 is 10.5 Å². The molecule has 2 rings (SSSR count). The highest BCUT2D eigenvalue weighted by atomic mass is 79.9. The lowest BCUT2D eigenvalue weighted by Crippen LogP contribution is -1.97. The Morgan fingerprint density at radius 2 is 2.00 bits per heavy atom. The molecule has 0 amide bonds. The van der Waals surface area contributed by atoms with Gasteiger partial charge in [0.1, 0.15) is 18.2 Å². The number of halogens is 2. The molecule has 4 heteroatoms. The van der Waals surface area contributed by atoms with Gasteiger partial charge in [0.2, 0.25) is 0 Å². The van der Waals surface area contributed by atoms with Crippen molar-refractivity contribution in [2.75, 3.05) is 5.73 Å². The van der Waals surface area contributed by atoms with E-state index in [1.807, 2.05) is 18.2 Å². The van der Waals surface area contributed by atoms with Crippen LogP contribution >= 0.6 is 15.9 Å². The molecule has 2 aromatic carbocycles. The summed E-state index contributed by atoms with van der Waals surface area (Å²) in [5, 5.41) is 0. The van der Waals surface area contributed by atoms with E-state index in [0.29, 0.717) is 22.5 Å². The van der Waals surface area contributed by atoms with Gasteiger partial charge in [0, 0.05) is 16.2 Å². The van der Waals surface area contributed by atoms with Crippen LogP contribution in [0.2, 0.25) is 0 Å². The molecule has 0 spiro atoms. The van der Waals surface area contributed by atoms with Crippen molar-refractivity contribution in [3.05, 3.63) is 58.3 Å². The lowest BCUT2D eigenvalue weighted by atomic mass is 10.2. The molecule has 0 aromatic heterocycles. The maximum Gasteiger partial charge on any atom is 0.124 e. The second kappa shape index (κ2) is 5.19. The number of ether oxygens (including phenoxy) is 1. The third-order valence-electron chi connectivity index (χ3n) is 2.19. The van der Waals surface area contributed by atoms with Crippen LogP contribution in [-0.4, -0.2) is 0 Å². The van der Waals surface area contributed by atoms with Crippen molar-refractivity contribution in [1.29, 1.82) is 0 Å². The van der Waals surface area contributed by atoms with Crippen LogP contribution in [0.4, 0.5) is 10.1 Å². The number of hydrogen-bond acceptors (Lipinski definition) is 2.